The average molecular weight is 159 g/mol. The van der Waals surface area contributed by atoms with Crippen LogP contribution < -0.4 is 10.6 Å². The number of carbonyl (C=O) groups is 1. The van der Waals surface area contributed by atoms with Crippen LogP contribution in [0.1, 0.15) is 6.42 Å². The van der Waals surface area contributed by atoms with Crippen molar-refractivity contribution in [3.8, 4) is 0 Å². The molecule has 0 aromatic rings. The zero-order chi connectivity index (χ0) is 8.69. The molecule has 0 saturated heterocycles. The number of hydrogen-bond donors (Lipinski definition) is 2. The molecule has 0 saturated carbocycles. The van der Waals surface area contributed by atoms with Gasteiger partial charge in [0.15, 0.2) is 0 Å². The molecule has 4 heteroatoms. The van der Waals surface area contributed by atoms with E-state index in [1.807, 2.05) is 7.05 Å². The van der Waals surface area contributed by atoms with E-state index in [2.05, 4.69) is 10.6 Å². The summed E-state index contributed by atoms with van der Waals surface area (Å²) in [6, 6.07) is -0.0268. The predicted octanol–water partition coefficient (Wildman–Crippen LogP) is -0.133. The molecule has 0 unspecified atom stereocenters. The van der Waals surface area contributed by atoms with Gasteiger partial charge < -0.3 is 15.5 Å². The Morgan fingerprint density at radius 1 is 1.45 bits per heavy atom. The molecule has 2 N–H and O–H groups in total. The number of rotatable bonds is 4. The molecule has 0 spiro atoms. The number of urea groups is 1. The minimum absolute atomic E-state index is 0.0268. The van der Waals surface area contributed by atoms with Crippen molar-refractivity contribution in [2.75, 3.05) is 34.2 Å². The molecule has 0 rings (SSSR count). The van der Waals surface area contributed by atoms with Crippen LogP contribution in [0.4, 0.5) is 4.79 Å². The van der Waals surface area contributed by atoms with E-state index in [4.69, 9.17) is 0 Å². The van der Waals surface area contributed by atoms with Crippen molar-refractivity contribution in [3.63, 3.8) is 0 Å². The van der Waals surface area contributed by atoms with Gasteiger partial charge in [-0.1, -0.05) is 0 Å². The third kappa shape index (κ3) is 4.61. The summed E-state index contributed by atoms with van der Waals surface area (Å²) in [7, 11) is 5.32. The lowest BCUT2D eigenvalue weighted by Gasteiger charge is -2.15. The molecule has 0 heterocycles. The van der Waals surface area contributed by atoms with Gasteiger partial charge in [0.1, 0.15) is 0 Å². The van der Waals surface area contributed by atoms with Crippen molar-refractivity contribution >= 4 is 6.03 Å². The summed E-state index contributed by atoms with van der Waals surface area (Å²) in [6.45, 7) is 1.74. The molecule has 0 aliphatic rings. The first-order valence-electron chi connectivity index (χ1n) is 3.79. The van der Waals surface area contributed by atoms with Gasteiger partial charge in [-0.3, -0.25) is 0 Å². The Morgan fingerprint density at radius 2 is 2.09 bits per heavy atom. The van der Waals surface area contributed by atoms with Gasteiger partial charge in [0, 0.05) is 20.6 Å². The summed E-state index contributed by atoms with van der Waals surface area (Å²) in [6.07, 6.45) is 0.987. The maximum atomic E-state index is 10.9. The fourth-order valence-electron chi connectivity index (χ4n) is 0.785. The normalized spacial score (nSPS) is 9.36. The average Bonchev–Trinajstić information content (AvgIpc) is 2.03. The highest BCUT2D eigenvalue weighted by Gasteiger charge is 2.02. The number of nitrogens with zero attached hydrogens (tertiary/aromatic N) is 1. The SMILES string of the molecule is CNCCCN(C)C(=O)NC. The highest BCUT2D eigenvalue weighted by Crippen LogP contribution is 1.85. The molecule has 4 nitrogen and oxygen atoms in total. The van der Waals surface area contributed by atoms with Crippen LogP contribution in [0, 0.1) is 0 Å². The smallest absolute Gasteiger partial charge is 0.316 e. The van der Waals surface area contributed by atoms with Crippen molar-refractivity contribution in [2.45, 2.75) is 6.42 Å². The lowest BCUT2D eigenvalue weighted by Crippen LogP contribution is -2.36. The van der Waals surface area contributed by atoms with Gasteiger partial charge in [-0.15, -0.1) is 0 Å². The third-order valence-electron chi connectivity index (χ3n) is 1.48. The Morgan fingerprint density at radius 3 is 2.55 bits per heavy atom. The number of carbonyl (C=O) groups excluding carboxylic acids is 1. The second kappa shape index (κ2) is 5.97. The molecule has 66 valence electrons. The quantitative estimate of drug-likeness (QED) is 0.561. The monoisotopic (exact) mass is 159 g/mol. The van der Waals surface area contributed by atoms with E-state index < -0.39 is 0 Å². The summed E-state index contributed by atoms with van der Waals surface area (Å²) in [4.78, 5) is 12.6. The van der Waals surface area contributed by atoms with Crippen LogP contribution in [0.25, 0.3) is 0 Å². The van der Waals surface area contributed by atoms with Crippen LogP contribution in [0.2, 0.25) is 0 Å². The molecular weight excluding hydrogens is 142 g/mol. The molecule has 11 heavy (non-hydrogen) atoms. The Labute approximate surface area is 67.9 Å². The summed E-state index contributed by atoms with van der Waals surface area (Å²) >= 11 is 0. The van der Waals surface area contributed by atoms with Gasteiger partial charge in [0.25, 0.3) is 0 Å². The van der Waals surface area contributed by atoms with E-state index in [-0.39, 0.29) is 6.03 Å². The summed E-state index contributed by atoms with van der Waals surface area (Å²) < 4.78 is 0. The molecule has 0 aromatic heterocycles. The standard InChI is InChI=1S/C7H17N3O/c1-8-5-4-6-10(3)7(11)9-2/h8H,4-6H2,1-3H3,(H,9,11). The first-order chi connectivity index (χ1) is 5.22. The molecule has 0 atom stereocenters. The zero-order valence-electron chi connectivity index (χ0n) is 7.48. The van der Waals surface area contributed by atoms with Crippen molar-refractivity contribution in [3.05, 3.63) is 0 Å². The van der Waals surface area contributed by atoms with Crippen LogP contribution in [0.3, 0.4) is 0 Å². The Bertz CT molecular complexity index is 116. The summed E-state index contributed by atoms with van der Waals surface area (Å²) in [5, 5.41) is 5.58. The predicted molar refractivity (Wildman–Crippen MR) is 45.6 cm³/mol. The van der Waals surface area contributed by atoms with Gasteiger partial charge in [0.2, 0.25) is 0 Å². The number of hydrogen-bond acceptors (Lipinski definition) is 2. The Balaban J connectivity index is 3.36. The van der Waals surface area contributed by atoms with Crippen molar-refractivity contribution < 1.29 is 4.79 Å². The van der Waals surface area contributed by atoms with Gasteiger partial charge in [-0.25, -0.2) is 4.79 Å². The maximum Gasteiger partial charge on any atom is 0.316 e. The van der Waals surface area contributed by atoms with Gasteiger partial charge in [0.05, 0.1) is 0 Å². The van der Waals surface area contributed by atoms with Crippen molar-refractivity contribution in [1.82, 2.24) is 15.5 Å². The molecule has 0 aliphatic carbocycles. The first kappa shape index (κ1) is 10.2. The van der Waals surface area contributed by atoms with Crippen LogP contribution in [-0.2, 0) is 0 Å². The van der Waals surface area contributed by atoms with E-state index in [9.17, 15) is 4.79 Å². The molecule has 0 fully saturated rings. The highest BCUT2D eigenvalue weighted by molar-refractivity contribution is 5.73. The molecule has 2 amide bonds. The number of amides is 2. The fourth-order valence-corrected chi connectivity index (χ4v) is 0.785. The molecule has 0 radical (unpaired) electrons. The molecule has 0 aliphatic heterocycles. The van der Waals surface area contributed by atoms with Crippen molar-refractivity contribution in [2.24, 2.45) is 0 Å². The van der Waals surface area contributed by atoms with Crippen LogP contribution in [0.5, 0.6) is 0 Å². The van der Waals surface area contributed by atoms with E-state index in [0.29, 0.717) is 0 Å². The molecular formula is C7H17N3O. The molecule has 0 bridgehead atoms. The highest BCUT2D eigenvalue weighted by atomic mass is 16.2. The van der Waals surface area contributed by atoms with E-state index >= 15 is 0 Å². The van der Waals surface area contributed by atoms with Gasteiger partial charge in [-0.2, -0.15) is 0 Å². The second-order valence-electron chi connectivity index (χ2n) is 2.43. The Hall–Kier alpha value is -0.770. The zero-order valence-corrected chi connectivity index (χ0v) is 7.48. The Kier molecular flexibility index (Phi) is 5.56. The van der Waals surface area contributed by atoms with Crippen LogP contribution in [0.15, 0.2) is 0 Å². The lowest BCUT2D eigenvalue weighted by molar-refractivity contribution is 0.210. The third-order valence-corrected chi connectivity index (χ3v) is 1.48. The summed E-state index contributed by atoms with van der Waals surface area (Å²) in [5.74, 6) is 0. The van der Waals surface area contributed by atoms with Gasteiger partial charge >= 0.3 is 6.03 Å². The van der Waals surface area contributed by atoms with Gasteiger partial charge in [-0.05, 0) is 20.0 Å². The second-order valence-corrected chi connectivity index (χ2v) is 2.43. The van der Waals surface area contributed by atoms with E-state index in [1.165, 1.54) is 0 Å². The summed E-state index contributed by atoms with van der Waals surface area (Å²) in [5.41, 5.74) is 0. The molecule has 0 aromatic carbocycles. The van der Waals surface area contributed by atoms with Crippen LogP contribution >= 0.6 is 0 Å². The number of nitrogens with one attached hydrogen (secondary N) is 2. The topological polar surface area (TPSA) is 44.4 Å². The fraction of sp³-hybridized carbons (Fsp3) is 0.857. The minimum atomic E-state index is -0.0268. The lowest BCUT2D eigenvalue weighted by atomic mass is 10.4. The van der Waals surface area contributed by atoms with E-state index in [0.717, 1.165) is 19.5 Å². The maximum absolute atomic E-state index is 10.9. The first-order valence-corrected chi connectivity index (χ1v) is 3.79. The largest absolute Gasteiger partial charge is 0.341 e. The van der Waals surface area contributed by atoms with Crippen molar-refractivity contribution in [1.29, 1.82) is 0 Å². The minimum Gasteiger partial charge on any atom is -0.341 e. The van der Waals surface area contributed by atoms with E-state index in [1.54, 1.807) is 19.0 Å². The van der Waals surface area contributed by atoms with Crippen LogP contribution in [-0.4, -0.2) is 45.2 Å².